The van der Waals surface area contributed by atoms with Crippen LogP contribution in [0.5, 0.6) is 5.75 Å². The lowest BCUT2D eigenvalue weighted by molar-refractivity contribution is -0.118. The molecule has 0 radical (unpaired) electrons. The van der Waals surface area contributed by atoms with Crippen LogP contribution in [0.25, 0.3) is 11.1 Å². The standard InChI is InChI=1S/C25H29NO2S2/c1-14-10-18-19(25(4,5)9-8-24(18,2)3)13-16(14)17-11-15(6-7-20(17)27)12-21-22(28)26-23(29)30-21/h6-7,10-11,13,21,27H,8-9,12H2,1-5H3,(H,26,28,29). The highest BCUT2D eigenvalue weighted by Crippen LogP contribution is 2.48. The fraction of sp³-hybridized carbons (Fsp3) is 0.440. The number of hydrogen-bond donors (Lipinski definition) is 2. The molecular formula is C25H29NO2S2. The first kappa shape index (κ1) is 21.4. The summed E-state index contributed by atoms with van der Waals surface area (Å²) in [6, 6.07) is 10.3. The average molecular weight is 440 g/mol. The molecule has 5 heteroatoms. The minimum Gasteiger partial charge on any atom is -0.507 e. The van der Waals surface area contributed by atoms with E-state index in [1.165, 1.54) is 34.9 Å². The highest BCUT2D eigenvalue weighted by atomic mass is 32.2. The third kappa shape index (κ3) is 3.78. The van der Waals surface area contributed by atoms with Crippen LogP contribution in [0, 0.1) is 6.92 Å². The molecule has 30 heavy (non-hydrogen) atoms. The normalized spacial score (nSPS) is 22.0. The SMILES string of the molecule is Cc1cc2c(cc1-c1cc(CC3SC(=S)NC3=O)ccc1O)C(C)(C)CCC2(C)C. The molecule has 2 N–H and O–H groups in total. The zero-order valence-corrected chi connectivity index (χ0v) is 19.9. The molecule has 0 bridgehead atoms. The second kappa shape index (κ2) is 7.38. The predicted molar refractivity (Wildman–Crippen MR) is 129 cm³/mol. The molecule has 1 aliphatic carbocycles. The van der Waals surface area contributed by atoms with Crippen molar-refractivity contribution in [3.63, 3.8) is 0 Å². The van der Waals surface area contributed by atoms with Gasteiger partial charge in [0.05, 0.1) is 5.25 Å². The Hall–Kier alpha value is -1.85. The van der Waals surface area contributed by atoms with E-state index in [-0.39, 0.29) is 27.7 Å². The molecular weight excluding hydrogens is 410 g/mol. The van der Waals surface area contributed by atoms with Gasteiger partial charge in [0, 0.05) is 5.56 Å². The van der Waals surface area contributed by atoms with Crippen LogP contribution >= 0.6 is 24.0 Å². The molecule has 1 unspecified atom stereocenters. The van der Waals surface area contributed by atoms with Gasteiger partial charge in [-0.25, -0.2) is 0 Å². The number of rotatable bonds is 3. The number of thioether (sulfide) groups is 1. The maximum absolute atomic E-state index is 12.1. The monoisotopic (exact) mass is 439 g/mol. The van der Waals surface area contributed by atoms with E-state index in [1.54, 1.807) is 6.07 Å². The molecule has 2 aromatic rings. The molecule has 0 saturated carbocycles. The summed E-state index contributed by atoms with van der Waals surface area (Å²) in [5, 5.41) is 13.2. The van der Waals surface area contributed by atoms with Crippen molar-refractivity contribution in [1.82, 2.24) is 5.32 Å². The highest BCUT2D eigenvalue weighted by molar-refractivity contribution is 8.24. The molecule has 2 aromatic carbocycles. The number of thiocarbonyl (C=S) groups is 1. The summed E-state index contributed by atoms with van der Waals surface area (Å²) >= 11 is 6.52. The minimum atomic E-state index is -0.209. The van der Waals surface area contributed by atoms with E-state index in [0.717, 1.165) is 23.1 Å². The molecule has 1 saturated heterocycles. The summed E-state index contributed by atoms with van der Waals surface area (Å²) in [6.45, 7) is 11.4. The van der Waals surface area contributed by atoms with Crippen LogP contribution in [0.3, 0.4) is 0 Å². The molecule has 1 heterocycles. The van der Waals surface area contributed by atoms with Crippen LogP contribution in [0.1, 0.15) is 62.8 Å². The maximum atomic E-state index is 12.1. The predicted octanol–water partition coefficient (Wildman–Crippen LogP) is 5.78. The minimum absolute atomic E-state index is 0.0337. The number of fused-ring (bicyclic) bond motifs is 1. The van der Waals surface area contributed by atoms with Crippen molar-refractivity contribution in [2.75, 3.05) is 0 Å². The molecule has 158 valence electrons. The first-order chi connectivity index (χ1) is 14.0. The van der Waals surface area contributed by atoms with E-state index >= 15 is 0 Å². The van der Waals surface area contributed by atoms with Crippen molar-refractivity contribution >= 4 is 34.2 Å². The fourth-order valence-corrected chi connectivity index (χ4v) is 5.99. The second-order valence-electron chi connectivity index (χ2n) is 9.92. The number of aryl methyl sites for hydroxylation is 1. The third-order valence-electron chi connectivity index (χ3n) is 6.74. The zero-order valence-electron chi connectivity index (χ0n) is 18.3. The lowest BCUT2D eigenvalue weighted by Crippen LogP contribution is -2.34. The first-order valence-corrected chi connectivity index (χ1v) is 11.8. The van der Waals surface area contributed by atoms with Crippen molar-refractivity contribution in [1.29, 1.82) is 0 Å². The number of carbonyl (C=O) groups is 1. The summed E-state index contributed by atoms with van der Waals surface area (Å²) < 4.78 is 0.541. The van der Waals surface area contributed by atoms with Gasteiger partial charge in [0.1, 0.15) is 10.1 Å². The van der Waals surface area contributed by atoms with E-state index in [0.29, 0.717) is 10.7 Å². The Morgan fingerprint density at radius 1 is 1.07 bits per heavy atom. The topological polar surface area (TPSA) is 49.3 Å². The van der Waals surface area contributed by atoms with Crippen molar-refractivity contribution in [3.05, 3.63) is 52.6 Å². The molecule has 1 aliphatic heterocycles. The number of nitrogens with one attached hydrogen (secondary N) is 1. The van der Waals surface area contributed by atoms with Crippen LogP contribution in [-0.2, 0) is 22.0 Å². The van der Waals surface area contributed by atoms with Crippen molar-refractivity contribution in [2.45, 2.75) is 70.0 Å². The summed E-state index contributed by atoms with van der Waals surface area (Å²) in [5.74, 6) is 0.238. The van der Waals surface area contributed by atoms with Gasteiger partial charge in [-0.3, -0.25) is 4.79 Å². The Balaban J connectivity index is 1.77. The van der Waals surface area contributed by atoms with E-state index in [2.05, 4.69) is 52.1 Å². The van der Waals surface area contributed by atoms with E-state index in [4.69, 9.17) is 12.2 Å². The number of phenols is 1. The number of hydrogen-bond acceptors (Lipinski definition) is 4. The number of aromatic hydroxyl groups is 1. The molecule has 1 amide bonds. The van der Waals surface area contributed by atoms with E-state index in [1.807, 2.05) is 12.1 Å². The van der Waals surface area contributed by atoms with Gasteiger partial charge in [0.25, 0.3) is 0 Å². The Morgan fingerprint density at radius 2 is 1.70 bits per heavy atom. The Morgan fingerprint density at radius 3 is 2.30 bits per heavy atom. The van der Waals surface area contributed by atoms with Gasteiger partial charge in [-0.05, 0) is 83.0 Å². The van der Waals surface area contributed by atoms with Crippen molar-refractivity contribution in [3.8, 4) is 16.9 Å². The number of amides is 1. The number of carbonyl (C=O) groups excluding carboxylic acids is 1. The van der Waals surface area contributed by atoms with Gasteiger partial charge in [-0.15, -0.1) is 0 Å². The molecule has 0 aromatic heterocycles. The summed E-state index contributed by atoms with van der Waals surface area (Å²) in [5.41, 5.74) is 7.15. The number of benzene rings is 2. The Kier molecular flexibility index (Phi) is 5.26. The van der Waals surface area contributed by atoms with Gasteiger partial charge in [-0.1, -0.05) is 63.8 Å². The quantitative estimate of drug-likeness (QED) is 0.596. The molecule has 0 spiro atoms. The Bertz CT molecular complexity index is 1060. The van der Waals surface area contributed by atoms with E-state index in [9.17, 15) is 9.90 Å². The molecule has 3 nitrogen and oxygen atoms in total. The Labute approximate surface area is 188 Å². The van der Waals surface area contributed by atoms with Crippen LogP contribution < -0.4 is 5.32 Å². The van der Waals surface area contributed by atoms with Crippen LogP contribution in [0.4, 0.5) is 0 Å². The van der Waals surface area contributed by atoms with Crippen LogP contribution in [-0.4, -0.2) is 20.6 Å². The highest BCUT2D eigenvalue weighted by Gasteiger charge is 2.37. The van der Waals surface area contributed by atoms with Gasteiger partial charge in [0.15, 0.2) is 0 Å². The van der Waals surface area contributed by atoms with Crippen molar-refractivity contribution < 1.29 is 9.90 Å². The first-order valence-electron chi connectivity index (χ1n) is 10.5. The zero-order chi connectivity index (χ0) is 21.8. The fourth-order valence-electron chi connectivity index (χ4n) is 4.68. The molecule has 4 rings (SSSR count). The van der Waals surface area contributed by atoms with Gasteiger partial charge in [0.2, 0.25) is 5.91 Å². The molecule has 1 atom stereocenters. The average Bonchev–Trinajstić information content (AvgIpc) is 2.97. The van der Waals surface area contributed by atoms with Crippen LogP contribution in [0.15, 0.2) is 30.3 Å². The summed E-state index contributed by atoms with van der Waals surface area (Å²) in [7, 11) is 0. The van der Waals surface area contributed by atoms with Gasteiger partial charge < -0.3 is 10.4 Å². The largest absolute Gasteiger partial charge is 0.507 e. The van der Waals surface area contributed by atoms with E-state index < -0.39 is 0 Å². The molecule has 1 fully saturated rings. The summed E-state index contributed by atoms with van der Waals surface area (Å²) in [6.07, 6.45) is 2.91. The van der Waals surface area contributed by atoms with Gasteiger partial charge in [-0.2, -0.15) is 0 Å². The smallest absolute Gasteiger partial charge is 0.239 e. The van der Waals surface area contributed by atoms with Crippen molar-refractivity contribution in [2.24, 2.45) is 0 Å². The van der Waals surface area contributed by atoms with Crippen LogP contribution in [0.2, 0.25) is 0 Å². The summed E-state index contributed by atoms with van der Waals surface area (Å²) in [4.78, 5) is 12.1. The lowest BCUT2D eigenvalue weighted by Gasteiger charge is -2.42. The number of phenolic OH excluding ortho intramolecular Hbond substituents is 1. The van der Waals surface area contributed by atoms with Gasteiger partial charge >= 0.3 is 0 Å². The maximum Gasteiger partial charge on any atom is 0.239 e. The molecule has 2 aliphatic rings. The third-order valence-corrected chi connectivity index (χ3v) is 8.11. The second-order valence-corrected chi connectivity index (χ2v) is 11.8. The lowest BCUT2D eigenvalue weighted by atomic mass is 9.62.